The molecule has 44 valence electrons. The molecule has 0 N–H and O–H groups in total. The van der Waals surface area contributed by atoms with E-state index in [1.54, 1.807) is 6.08 Å². The third-order valence-corrected chi connectivity index (χ3v) is 0.893. The molecule has 0 aliphatic rings. The normalized spacial score (nSPS) is 12.5. The van der Waals surface area contributed by atoms with E-state index in [1.807, 2.05) is 19.9 Å². The van der Waals surface area contributed by atoms with Crippen molar-refractivity contribution in [1.29, 1.82) is 0 Å². The van der Waals surface area contributed by atoms with Crippen molar-refractivity contribution in [2.45, 2.75) is 13.8 Å². The molecule has 0 aromatic rings. The van der Waals surface area contributed by atoms with Gasteiger partial charge in [0.15, 0.2) is 0 Å². The van der Waals surface area contributed by atoms with Crippen LogP contribution in [0.1, 0.15) is 13.8 Å². The van der Waals surface area contributed by atoms with Crippen LogP contribution in [0.2, 0.25) is 0 Å². The molecule has 0 heterocycles. The number of carbonyl (C=O) groups is 1. The highest BCUT2D eigenvalue weighted by molar-refractivity contribution is 5.65. The second-order valence-electron chi connectivity index (χ2n) is 1.53. The molecule has 0 atom stereocenters. The highest BCUT2D eigenvalue weighted by atomic mass is 16.1. The van der Waals surface area contributed by atoms with Crippen LogP contribution in [-0.4, -0.2) is 6.29 Å². The maximum absolute atomic E-state index is 9.71. The van der Waals surface area contributed by atoms with Crippen LogP contribution in [0.5, 0.6) is 0 Å². The van der Waals surface area contributed by atoms with Crippen LogP contribution < -0.4 is 0 Å². The Hall–Kier alpha value is -0.850. The monoisotopic (exact) mass is 110 g/mol. The van der Waals surface area contributed by atoms with Crippen LogP contribution in [0.15, 0.2) is 23.8 Å². The summed E-state index contributed by atoms with van der Waals surface area (Å²) in [6.45, 7) is 3.88. The summed E-state index contributed by atoms with van der Waals surface area (Å²) >= 11 is 0. The molecule has 1 heteroatoms. The molecule has 0 amide bonds. The van der Waals surface area contributed by atoms with Crippen molar-refractivity contribution >= 4 is 6.29 Å². The number of rotatable bonds is 2. The molecular formula is C7H10O. The van der Waals surface area contributed by atoms with Crippen molar-refractivity contribution in [2.24, 2.45) is 0 Å². The smallest absolute Gasteiger partial charge is 0.142 e. The first-order valence-corrected chi connectivity index (χ1v) is 2.56. The zero-order chi connectivity index (χ0) is 6.41. The van der Waals surface area contributed by atoms with E-state index in [-0.39, 0.29) is 0 Å². The van der Waals surface area contributed by atoms with Gasteiger partial charge in [0.05, 0.1) is 0 Å². The molecule has 0 aliphatic carbocycles. The molecule has 0 aromatic heterocycles. The zero-order valence-electron chi connectivity index (χ0n) is 5.22. The first kappa shape index (κ1) is 7.15. The lowest BCUT2D eigenvalue weighted by atomic mass is 10.3. The second-order valence-corrected chi connectivity index (χ2v) is 1.53. The van der Waals surface area contributed by atoms with E-state index >= 15 is 0 Å². The molecule has 0 saturated heterocycles. The predicted octanol–water partition coefficient (Wildman–Crippen LogP) is 1.71. The molecule has 0 rings (SSSR count). The van der Waals surface area contributed by atoms with Crippen LogP contribution in [0, 0.1) is 0 Å². The lowest BCUT2D eigenvalue weighted by Gasteiger charge is -1.81. The van der Waals surface area contributed by atoms with E-state index in [4.69, 9.17) is 0 Å². The van der Waals surface area contributed by atoms with Gasteiger partial charge in [0.2, 0.25) is 0 Å². The standard InChI is InChI=1S/C7H10O/c1-3-7(2)5-4-6-8/h3-6H,1-2H3. The largest absolute Gasteiger partial charge is 0.299 e. The number of hydrogen-bond acceptors (Lipinski definition) is 1. The highest BCUT2D eigenvalue weighted by Gasteiger charge is 1.72. The number of allylic oxidation sites excluding steroid dienone is 4. The average Bonchev–Trinajstić information content (AvgIpc) is 1.83. The summed E-state index contributed by atoms with van der Waals surface area (Å²) in [5.74, 6) is 0. The quantitative estimate of drug-likeness (QED) is 0.300. The summed E-state index contributed by atoms with van der Waals surface area (Å²) in [6.07, 6.45) is 5.97. The van der Waals surface area contributed by atoms with Crippen LogP contribution in [0.4, 0.5) is 0 Å². The molecule has 0 aliphatic heterocycles. The molecule has 1 nitrogen and oxygen atoms in total. The van der Waals surface area contributed by atoms with Crippen molar-refractivity contribution in [1.82, 2.24) is 0 Å². The molecule has 0 aromatic carbocycles. The molecule has 0 saturated carbocycles. The Kier molecular flexibility index (Phi) is 3.85. The van der Waals surface area contributed by atoms with E-state index in [9.17, 15) is 4.79 Å². The van der Waals surface area contributed by atoms with E-state index in [0.717, 1.165) is 11.9 Å². The summed E-state index contributed by atoms with van der Waals surface area (Å²) in [5, 5.41) is 0. The SMILES string of the molecule is CC=C(C)C=CC=O. The predicted molar refractivity (Wildman–Crippen MR) is 34.6 cm³/mol. The van der Waals surface area contributed by atoms with Gasteiger partial charge in [-0.05, 0) is 19.9 Å². The third kappa shape index (κ3) is 3.34. The lowest BCUT2D eigenvalue weighted by Crippen LogP contribution is -1.64. The van der Waals surface area contributed by atoms with E-state index in [2.05, 4.69) is 0 Å². The van der Waals surface area contributed by atoms with Crippen LogP contribution in [0.3, 0.4) is 0 Å². The Balaban J connectivity index is 3.69. The van der Waals surface area contributed by atoms with Crippen LogP contribution in [-0.2, 0) is 4.79 Å². The molecule has 8 heavy (non-hydrogen) atoms. The minimum absolute atomic E-state index is 0.771. The fourth-order valence-corrected chi connectivity index (χ4v) is 0.287. The van der Waals surface area contributed by atoms with E-state index < -0.39 is 0 Å². The minimum Gasteiger partial charge on any atom is -0.299 e. The molecule has 0 bridgehead atoms. The maximum Gasteiger partial charge on any atom is 0.142 e. The van der Waals surface area contributed by atoms with Crippen molar-refractivity contribution in [3.8, 4) is 0 Å². The average molecular weight is 110 g/mol. The summed E-state index contributed by atoms with van der Waals surface area (Å²) in [7, 11) is 0. The summed E-state index contributed by atoms with van der Waals surface area (Å²) in [4.78, 5) is 9.71. The van der Waals surface area contributed by atoms with Crippen molar-refractivity contribution < 1.29 is 4.79 Å². The van der Waals surface area contributed by atoms with E-state index in [1.165, 1.54) is 6.08 Å². The molecular weight excluding hydrogens is 100 g/mol. The summed E-state index contributed by atoms with van der Waals surface area (Å²) in [6, 6.07) is 0. The number of aldehydes is 1. The molecule has 0 fully saturated rings. The van der Waals surface area contributed by atoms with Gasteiger partial charge in [0.25, 0.3) is 0 Å². The Morgan fingerprint density at radius 2 is 2.12 bits per heavy atom. The van der Waals surface area contributed by atoms with Crippen molar-refractivity contribution in [3.05, 3.63) is 23.8 Å². The Labute approximate surface area is 49.7 Å². The molecule has 0 radical (unpaired) electrons. The summed E-state index contributed by atoms with van der Waals surface area (Å²) in [5.41, 5.74) is 1.11. The van der Waals surface area contributed by atoms with Gasteiger partial charge in [0.1, 0.15) is 6.29 Å². The Bertz CT molecular complexity index is 120. The third-order valence-electron chi connectivity index (χ3n) is 0.893. The topological polar surface area (TPSA) is 17.1 Å². The summed E-state index contributed by atoms with van der Waals surface area (Å²) < 4.78 is 0. The fraction of sp³-hybridized carbons (Fsp3) is 0.286. The molecule has 0 unspecified atom stereocenters. The van der Waals surface area contributed by atoms with Gasteiger partial charge in [-0.25, -0.2) is 0 Å². The first-order chi connectivity index (χ1) is 3.81. The Morgan fingerprint density at radius 1 is 1.50 bits per heavy atom. The van der Waals surface area contributed by atoms with Gasteiger partial charge in [-0.1, -0.05) is 17.7 Å². The second kappa shape index (κ2) is 4.31. The molecule has 0 spiro atoms. The minimum atomic E-state index is 0.771. The van der Waals surface area contributed by atoms with Crippen LogP contribution >= 0.6 is 0 Å². The van der Waals surface area contributed by atoms with Crippen LogP contribution in [0.25, 0.3) is 0 Å². The number of carbonyl (C=O) groups excluding carboxylic acids is 1. The van der Waals surface area contributed by atoms with Crippen molar-refractivity contribution in [3.63, 3.8) is 0 Å². The van der Waals surface area contributed by atoms with Gasteiger partial charge in [-0.2, -0.15) is 0 Å². The maximum atomic E-state index is 9.71. The Morgan fingerprint density at radius 3 is 2.50 bits per heavy atom. The van der Waals surface area contributed by atoms with Crippen molar-refractivity contribution in [2.75, 3.05) is 0 Å². The highest BCUT2D eigenvalue weighted by Crippen LogP contribution is 1.90. The van der Waals surface area contributed by atoms with Gasteiger partial charge in [0, 0.05) is 0 Å². The van der Waals surface area contributed by atoms with Gasteiger partial charge in [-0.15, -0.1) is 0 Å². The van der Waals surface area contributed by atoms with E-state index in [0.29, 0.717) is 0 Å². The number of hydrogen-bond donors (Lipinski definition) is 0. The first-order valence-electron chi connectivity index (χ1n) is 2.56. The van der Waals surface area contributed by atoms with Gasteiger partial charge < -0.3 is 0 Å². The zero-order valence-corrected chi connectivity index (χ0v) is 5.22. The lowest BCUT2D eigenvalue weighted by molar-refractivity contribution is -0.104. The van der Waals surface area contributed by atoms with Gasteiger partial charge >= 0.3 is 0 Å². The fourth-order valence-electron chi connectivity index (χ4n) is 0.287. The van der Waals surface area contributed by atoms with Gasteiger partial charge in [-0.3, -0.25) is 4.79 Å².